The second-order valence-electron chi connectivity index (χ2n) is 10.1. The molecule has 7 rings (SSSR count). The Balaban J connectivity index is 1.24. The molecule has 6 aromatic rings. The first-order chi connectivity index (χ1) is 18.9. The molecular weight excluding hydrogens is 501 g/mol. The molecule has 6 nitrogen and oxygen atoms in total. The largest absolute Gasteiger partial charge is 0.352 e. The van der Waals surface area contributed by atoms with E-state index in [0.717, 1.165) is 61.0 Å². The van der Waals surface area contributed by atoms with Crippen molar-refractivity contribution in [2.45, 2.75) is 18.9 Å². The summed E-state index contributed by atoms with van der Waals surface area (Å²) in [6.45, 7) is 0.601. The molecule has 0 saturated carbocycles. The molecule has 0 atom stereocenters. The zero-order valence-electron chi connectivity index (χ0n) is 20.8. The summed E-state index contributed by atoms with van der Waals surface area (Å²) >= 11 is 0. The van der Waals surface area contributed by atoms with Gasteiger partial charge in [-0.05, 0) is 53.1 Å². The zero-order chi connectivity index (χ0) is 26.6. The van der Waals surface area contributed by atoms with Crippen LogP contribution in [0.1, 0.15) is 12.0 Å². The van der Waals surface area contributed by atoms with Crippen molar-refractivity contribution in [3.8, 4) is 33.6 Å². The van der Waals surface area contributed by atoms with E-state index in [0.29, 0.717) is 13.1 Å². The van der Waals surface area contributed by atoms with Crippen LogP contribution in [0.25, 0.3) is 55.4 Å². The molecule has 0 spiro atoms. The minimum atomic E-state index is -2.62. The Labute approximate surface area is 221 Å². The van der Waals surface area contributed by atoms with Crippen LogP contribution in [0, 0.1) is 5.82 Å². The third-order valence-electron chi connectivity index (χ3n) is 7.30. The first-order valence-corrected chi connectivity index (χ1v) is 12.7. The molecule has 1 fully saturated rings. The number of nitrogens with zero attached hydrogens (tertiary/aromatic N) is 4. The number of halogens is 3. The smallest absolute Gasteiger partial charge is 0.261 e. The summed E-state index contributed by atoms with van der Waals surface area (Å²) in [6.07, 6.45) is 6.96. The van der Waals surface area contributed by atoms with Gasteiger partial charge in [0.25, 0.3) is 5.92 Å². The van der Waals surface area contributed by atoms with Gasteiger partial charge in [-0.2, -0.15) is 5.10 Å². The number of likely N-dealkylation sites (tertiary alicyclic amines) is 1. The van der Waals surface area contributed by atoms with Crippen LogP contribution in [0.4, 0.5) is 13.2 Å². The van der Waals surface area contributed by atoms with Crippen LogP contribution in [-0.4, -0.2) is 49.1 Å². The van der Waals surface area contributed by atoms with Crippen LogP contribution in [0.5, 0.6) is 0 Å². The third-order valence-corrected chi connectivity index (χ3v) is 7.30. The minimum Gasteiger partial charge on any atom is -0.352 e. The molecule has 194 valence electrons. The van der Waals surface area contributed by atoms with Crippen molar-refractivity contribution in [2.75, 3.05) is 13.1 Å². The minimum absolute atomic E-state index is 0.102. The molecule has 0 aliphatic carbocycles. The Bertz CT molecular complexity index is 1820. The summed E-state index contributed by atoms with van der Waals surface area (Å²) in [5, 5.41) is 9.59. The number of nitrogens with one attached hydrogen (secondary N) is 2. The van der Waals surface area contributed by atoms with E-state index in [1.54, 1.807) is 41.8 Å². The number of alkyl halides is 2. The van der Waals surface area contributed by atoms with E-state index in [9.17, 15) is 13.2 Å². The Hall–Kier alpha value is -4.50. The number of pyridine rings is 2. The summed E-state index contributed by atoms with van der Waals surface area (Å²) in [5.74, 6) is -2.91. The first-order valence-electron chi connectivity index (χ1n) is 12.7. The van der Waals surface area contributed by atoms with Crippen LogP contribution < -0.4 is 0 Å². The standard InChI is InChI=1S/C30H23F3N6/c31-22-4-1-19(2-5-22)25-14-35-15-28-23(25)11-27(36-28)29-24-10-20(3-6-26(24)37-38-29)21-9-18(12-34-13-21)16-39-8-7-30(32,33)17-39/h1-6,9-15,36H,7-8,16-17H2,(H,37,38). The number of rotatable bonds is 5. The number of aromatic amines is 2. The van der Waals surface area contributed by atoms with Gasteiger partial charge in [0.2, 0.25) is 0 Å². The van der Waals surface area contributed by atoms with Gasteiger partial charge in [-0.15, -0.1) is 0 Å². The summed E-state index contributed by atoms with van der Waals surface area (Å²) < 4.78 is 40.8. The summed E-state index contributed by atoms with van der Waals surface area (Å²) in [6, 6.07) is 16.4. The average Bonchev–Trinajstić information content (AvgIpc) is 3.64. The average molecular weight is 525 g/mol. The molecule has 0 bridgehead atoms. The molecule has 4 aromatic heterocycles. The Morgan fingerprint density at radius 3 is 2.46 bits per heavy atom. The SMILES string of the molecule is Fc1ccc(-c2cncc3[nH]c(-c4n[nH]c5ccc(-c6cncc(CN7CCC(F)(F)C7)c6)cc45)cc23)cc1. The number of hydrogen-bond donors (Lipinski definition) is 2. The normalized spacial score (nSPS) is 15.5. The number of aromatic nitrogens is 5. The monoisotopic (exact) mass is 524 g/mol. The van der Waals surface area contributed by atoms with E-state index in [4.69, 9.17) is 0 Å². The highest BCUT2D eigenvalue weighted by molar-refractivity contribution is 6.01. The number of hydrogen-bond acceptors (Lipinski definition) is 4. The Morgan fingerprint density at radius 2 is 1.64 bits per heavy atom. The lowest BCUT2D eigenvalue weighted by atomic mass is 10.0. The molecule has 1 saturated heterocycles. The van der Waals surface area contributed by atoms with E-state index in [1.807, 2.05) is 24.3 Å². The molecule has 1 aliphatic rings. The van der Waals surface area contributed by atoms with Crippen molar-refractivity contribution in [1.29, 1.82) is 0 Å². The maximum Gasteiger partial charge on any atom is 0.261 e. The van der Waals surface area contributed by atoms with E-state index >= 15 is 0 Å². The summed E-state index contributed by atoms with van der Waals surface area (Å²) in [5.41, 5.74) is 7.85. The van der Waals surface area contributed by atoms with Crippen molar-refractivity contribution in [3.05, 3.63) is 90.8 Å². The molecule has 0 unspecified atom stereocenters. The Morgan fingerprint density at radius 1 is 0.821 bits per heavy atom. The molecule has 1 aliphatic heterocycles. The van der Waals surface area contributed by atoms with Gasteiger partial charge in [0.05, 0.1) is 29.5 Å². The van der Waals surface area contributed by atoms with Crippen LogP contribution in [0.2, 0.25) is 0 Å². The molecule has 5 heterocycles. The van der Waals surface area contributed by atoms with Gasteiger partial charge in [-0.1, -0.05) is 18.2 Å². The topological polar surface area (TPSA) is 73.5 Å². The Kier molecular flexibility index (Phi) is 5.48. The molecule has 2 aromatic carbocycles. The van der Waals surface area contributed by atoms with Gasteiger partial charge < -0.3 is 4.98 Å². The molecular formula is C30H23F3N6. The van der Waals surface area contributed by atoms with Crippen LogP contribution in [-0.2, 0) is 6.54 Å². The maximum absolute atomic E-state index is 13.6. The second-order valence-corrected chi connectivity index (χ2v) is 10.1. The lowest BCUT2D eigenvalue weighted by molar-refractivity contribution is 0.0115. The lowest BCUT2D eigenvalue weighted by Crippen LogP contribution is -2.24. The maximum atomic E-state index is 13.6. The molecule has 2 N–H and O–H groups in total. The van der Waals surface area contributed by atoms with Crippen molar-refractivity contribution < 1.29 is 13.2 Å². The highest BCUT2D eigenvalue weighted by Crippen LogP contribution is 2.35. The molecule has 9 heteroatoms. The van der Waals surface area contributed by atoms with Crippen molar-refractivity contribution in [1.82, 2.24) is 30.0 Å². The van der Waals surface area contributed by atoms with Crippen molar-refractivity contribution in [2.24, 2.45) is 0 Å². The third kappa shape index (κ3) is 4.44. The van der Waals surface area contributed by atoms with E-state index in [2.05, 4.69) is 31.2 Å². The van der Waals surface area contributed by atoms with Crippen LogP contribution in [0.3, 0.4) is 0 Å². The highest BCUT2D eigenvalue weighted by Gasteiger charge is 2.37. The lowest BCUT2D eigenvalue weighted by Gasteiger charge is -2.15. The van der Waals surface area contributed by atoms with Gasteiger partial charge in [0, 0.05) is 60.0 Å². The molecule has 0 radical (unpaired) electrons. The van der Waals surface area contributed by atoms with Crippen LogP contribution >= 0.6 is 0 Å². The van der Waals surface area contributed by atoms with Gasteiger partial charge in [-0.3, -0.25) is 20.0 Å². The quantitative estimate of drug-likeness (QED) is 0.260. The van der Waals surface area contributed by atoms with Gasteiger partial charge in [0.15, 0.2) is 0 Å². The summed E-state index contributed by atoms with van der Waals surface area (Å²) in [4.78, 5) is 14.0. The molecule has 39 heavy (non-hydrogen) atoms. The van der Waals surface area contributed by atoms with Crippen LogP contribution in [0.15, 0.2) is 79.4 Å². The number of benzene rings is 2. The first kappa shape index (κ1) is 23.6. The van der Waals surface area contributed by atoms with Gasteiger partial charge in [0.1, 0.15) is 11.5 Å². The molecule has 0 amide bonds. The number of H-pyrrole nitrogens is 2. The van der Waals surface area contributed by atoms with Crippen molar-refractivity contribution in [3.63, 3.8) is 0 Å². The van der Waals surface area contributed by atoms with E-state index in [1.165, 1.54) is 12.1 Å². The fraction of sp³-hybridized carbons (Fsp3) is 0.167. The predicted octanol–water partition coefficient (Wildman–Crippen LogP) is 6.82. The predicted molar refractivity (Wildman–Crippen MR) is 145 cm³/mol. The highest BCUT2D eigenvalue weighted by atomic mass is 19.3. The van der Waals surface area contributed by atoms with E-state index < -0.39 is 5.92 Å². The van der Waals surface area contributed by atoms with Gasteiger partial charge >= 0.3 is 0 Å². The van der Waals surface area contributed by atoms with E-state index in [-0.39, 0.29) is 18.8 Å². The van der Waals surface area contributed by atoms with Crippen molar-refractivity contribution >= 4 is 21.8 Å². The second kappa shape index (κ2) is 9.06. The number of fused-ring (bicyclic) bond motifs is 2. The summed E-state index contributed by atoms with van der Waals surface area (Å²) in [7, 11) is 0. The zero-order valence-corrected chi connectivity index (χ0v) is 20.8. The fourth-order valence-corrected chi connectivity index (χ4v) is 5.37. The fourth-order valence-electron chi connectivity index (χ4n) is 5.37. The van der Waals surface area contributed by atoms with Gasteiger partial charge in [-0.25, -0.2) is 13.2 Å².